The van der Waals surface area contributed by atoms with Crippen LogP contribution in [0.4, 0.5) is 5.82 Å². The predicted octanol–water partition coefficient (Wildman–Crippen LogP) is 0.958. The van der Waals surface area contributed by atoms with Crippen LogP contribution in [0.1, 0.15) is 5.69 Å². The number of aromatic nitrogens is 2. The van der Waals surface area contributed by atoms with Crippen molar-refractivity contribution in [3.63, 3.8) is 0 Å². The number of rotatable bonds is 0. The van der Waals surface area contributed by atoms with Gasteiger partial charge in [0.2, 0.25) is 0 Å². The largest absolute Gasteiger partial charge is 0.345 e. The molecule has 1 N–H and O–H groups in total. The first-order chi connectivity index (χ1) is 4.97. The summed E-state index contributed by atoms with van der Waals surface area (Å²) < 4.78 is 0. The van der Waals surface area contributed by atoms with Crippen LogP contribution < -0.4 is 5.32 Å². The summed E-state index contributed by atoms with van der Waals surface area (Å²) in [4.78, 5) is 8.24. The summed E-state index contributed by atoms with van der Waals surface area (Å²) in [6, 6.07) is 0. The summed E-state index contributed by atoms with van der Waals surface area (Å²) in [5.41, 5.74) is 1.02. The Hall–Kier alpha value is -1.38. The molecule has 0 bridgehead atoms. The zero-order valence-corrected chi connectivity index (χ0v) is 5.41. The molecule has 0 radical (unpaired) electrons. The van der Waals surface area contributed by atoms with Crippen LogP contribution in [-0.2, 0) is 6.42 Å². The summed E-state index contributed by atoms with van der Waals surface area (Å²) in [6.07, 6.45) is 8.19. The lowest BCUT2D eigenvalue weighted by Crippen LogP contribution is -2.03. The van der Waals surface area contributed by atoms with E-state index in [0.717, 1.165) is 17.9 Å². The van der Waals surface area contributed by atoms with Crippen molar-refractivity contribution in [1.82, 2.24) is 9.97 Å². The highest BCUT2D eigenvalue weighted by Gasteiger charge is 2.03. The van der Waals surface area contributed by atoms with Crippen molar-refractivity contribution in [2.24, 2.45) is 0 Å². The Morgan fingerprint density at radius 1 is 1.30 bits per heavy atom. The number of allylic oxidation sites excluding steroid dienone is 1. The molecule has 0 unspecified atom stereocenters. The Kier molecular flexibility index (Phi) is 1.13. The van der Waals surface area contributed by atoms with Gasteiger partial charge in [0.1, 0.15) is 0 Å². The van der Waals surface area contributed by atoms with Gasteiger partial charge in [-0.2, -0.15) is 0 Å². The summed E-state index contributed by atoms with van der Waals surface area (Å²) in [5, 5.41) is 3.01. The van der Waals surface area contributed by atoms with E-state index in [1.165, 1.54) is 0 Å². The van der Waals surface area contributed by atoms with Crippen LogP contribution in [0.25, 0.3) is 0 Å². The van der Waals surface area contributed by atoms with Crippen LogP contribution >= 0.6 is 0 Å². The van der Waals surface area contributed by atoms with Gasteiger partial charge in [-0.1, -0.05) is 6.08 Å². The third kappa shape index (κ3) is 0.757. The van der Waals surface area contributed by atoms with E-state index in [0.29, 0.717) is 0 Å². The highest BCUT2D eigenvalue weighted by Crippen LogP contribution is 2.12. The van der Waals surface area contributed by atoms with Crippen molar-refractivity contribution in [1.29, 1.82) is 0 Å². The van der Waals surface area contributed by atoms with Crippen LogP contribution in [0.5, 0.6) is 0 Å². The van der Waals surface area contributed by atoms with Crippen LogP contribution in [-0.4, -0.2) is 9.97 Å². The van der Waals surface area contributed by atoms with Gasteiger partial charge in [-0.15, -0.1) is 0 Å². The van der Waals surface area contributed by atoms with E-state index in [1.54, 1.807) is 12.4 Å². The van der Waals surface area contributed by atoms with E-state index >= 15 is 0 Å². The molecule has 3 heteroatoms. The topological polar surface area (TPSA) is 37.8 Å². The highest BCUT2D eigenvalue weighted by atomic mass is 15.0. The maximum atomic E-state index is 4.14. The number of anilines is 1. The average molecular weight is 133 g/mol. The second kappa shape index (κ2) is 2.10. The van der Waals surface area contributed by atoms with Gasteiger partial charge in [-0.3, -0.25) is 4.98 Å². The van der Waals surface area contributed by atoms with Gasteiger partial charge >= 0.3 is 0 Å². The van der Waals surface area contributed by atoms with Crippen LogP contribution in [0, 0.1) is 0 Å². The molecule has 0 saturated carbocycles. The Morgan fingerprint density at radius 2 is 2.20 bits per heavy atom. The number of hydrogen-bond acceptors (Lipinski definition) is 3. The fraction of sp³-hybridized carbons (Fsp3) is 0.143. The first kappa shape index (κ1) is 5.41. The lowest BCUT2D eigenvalue weighted by Gasteiger charge is -2.08. The monoisotopic (exact) mass is 133 g/mol. The zero-order chi connectivity index (χ0) is 6.81. The van der Waals surface area contributed by atoms with E-state index in [2.05, 4.69) is 15.3 Å². The molecule has 2 heterocycles. The quantitative estimate of drug-likeness (QED) is 0.572. The molecule has 50 valence electrons. The Labute approximate surface area is 58.8 Å². The van der Waals surface area contributed by atoms with Gasteiger partial charge in [0.05, 0.1) is 5.69 Å². The molecule has 0 spiro atoms. The van der Waals surface area contributed by atoms with Gasteiger partial charge in [0, 0.05) is 18.8 Å². The summed E-state index contributed by atoms with van der Waals surface area (Å²) in [5.74, 6) is 0.880. The molecule has 1 aliphatic rings. The highest BCUT2D eigenvalue weighted by molar-refractivity contribution is 5.45. The Balaban J connectivity index is 2.47. The fourth-order valence-corrected chi connectivity index (χ4v) is 0.945. The van der Waals surface area contributed by atoms with E-state index in [-0.39, 0.29) is 0 Å². The number of fused-ring (bicyclic) bond motifs is 1. The summed E-state index contributed by atoms with van der Waals surface area (Å²) in [7, 11) is 0. The first-order valence-electron chi connectivity index (χ1n) is 3.18. The zero-order valence-electron chi connectivity index (χ0n) is 5.41. The lowest BCUT2D eigenvalue weighted by atomic mass is 10.2. The lowest BCUT2D eigenvalue weighted by molar-refractivity contribution is 1.04. The number of nitrogens with one attached hydrogen (secondary N) is 1. The molecule has 0 saturated heterocycles. The molecule has 0 fully saturated rings. The Bertz CT molecular complexity index is 240. The average Bonchev–Trinajstić information content (AvgIpc) is 2.05. The van der Waals surface area contributed by atoms with E-state index in [9.17, 15) is 0 Å². The molecule has 0 amide bonds. The van der Waals surface area contributed by atoms with Crippen LogP contribution in [0.3, 0.4) is 0 Å². The van der Waals surface area contributed by atoms with Gasteiger partial charge in [-0.05, 0) is 6.20 Å². The first-order valence-corrected chi connectivity index (χ1v) is 3.18. The van der Waals surface area contributed by atoms with Gasteiger partial charge in [-0.25, -0.2) is 4.98 Å². The van der Waals surface area contributed by atoms with Crippen molar-refractivity contribution in [3.8, 4) is 0 Å². The van der Waals surface area contributed by atoms with Gasteiger partial charge in [0.25, 0.3) is 0 Å². The molecule has 1 aromatic heterocycles. The molecular weight excluding hydrogens is 126 g/mol. The minimum Gasteiger partial charge on any atom is -0.345 e. The SMILES string of the molecule is C1=CNc2nccnc2C1. The molecule has 2 rings (SSSR count). The normalized spacial score (nSPS) is 14.0. The second-order valence-corrected chi connectivity index (χ2v) is 2.10. The smallest absolute Gasteiger partial charge is 0.151 e. The minimum absolute atomic E-state index is 0.880. The molecule has 1 aromatic rings. The van der Waals surface area contributed by atoms with E-state index in [4.69, 9.17) is 0 Å². The molecule has 3 nitrogen and oxygen atoms in total. The minimum atomic E-state index is 0.880. The van der Waals surface area contributed by atoms with Crippen molar-refractivity contribution in [2.75, 3.05) is 5.32 Å². The summed E-state index contributed by atoms with van der Waals surface area (Å²) >= 11 is 0. The molecule has 1 aliphatic heterocycles. The molecular formula is C7H7N3. The Morgan fingerprint density at radius 3 is 3.10 bits per heavy atom. The van der Waals surface area contributed by atoms with Crippen molar-refractivity contribution < 1.29 is 0 Å². The van der Waals surface area contributed by atoms with Crippen LogP contribution in [0.15, 0.2) is 24.7 Å². The predicted molar refractivity (Wildman–Crippen MR) is 38.5 cm³/mol. The number of hydrogen-bond donors (Lipinski definition) is 1. The third-order valence-electron chi connectivity index (χ3n) is 1.42. The van der Waals surface area contributed by atoms with Crippen molar-refractivity contribution >= 4 is 5.82 Å². The molecule has 0 aliphatic carbocycles. The second-order valence-electron chi connectivity index (χ2n) is 2.10. The van der Waals surface area contributed by atoms with Crippen molar-refractivity contribution in [2.45, 2.75) is 6.42 Å². The van der Waals surface area contributed by atoms with E-state index in [1.807, 2.05) is 12.3 Å². The van der Waals surface area contributed by atoms with Gasteiger partial charge in [0.15, 0.2) is 5.82 Å². The van der Waals surface area contributed by atoms with Crippen LogP contribution in [0.2, 0.25) is 0 Å². The molecule has 10 heavy (non-hydrogen) atoms. The molecule has 0 aromatic carbocycles. The standard InChI is InChI=1S/C7H7N3/c1-2-6-7(9-3-1)10-5-4-8-6/h1,3-5H,2H2,(H,9,10). The van der Waals surface area contributed by atoms with Crippen molar-refractivity contribution in [3.05, 3.63) is 30.4 Å². The number of nitrogens with zero attached hydrogens (tertiary/aromatic N) is 2. The fourth-order valence-electron chi connectivity index (χ4n) is 0.945. The maximum absolute atomic E-state index is 4.14. The van der Waals surface area contributed by atoms with E-state index < -0.39 is 0 Å². The third-order valence-corrected chi connectivity index (χ3v) is 1.42. The summed E-state index contributed by atoms with van der Waals surface area (Å²) in [6.45, 7) is 0. The van der Waals surface area contributed by atoms with Gasteiger partial charge < -0.3 is 5.32 Å². The molecule has 0 atom stereocenters. The maximum Gasteiger partial charge on any atom is 0.151 e.